The summed E-state index contributed by atoms with van der Waals surface area (Å²) in [4.78, 5) is 13.2. The fourth-order valence-corrected chi connectivity index (χ4v) is 10.7. The van der Waals surface area contributed by atoms with E-state index in [0.717, 1.165) is 0 Å². The number of carbonyl (C=O) groups is 1. The minimum absolute atomic E-state index is 0.00326. The second-order valence-electron chi connectivity index (χ2n) is 24.2. The van der Waals surface area contributed by atoms with E-state index in [9.17, 15) is 81.4 Å². The Morgan fingerprint density at radius 2 is 1.10 bits per heavy atom. The number of rotatable bonds is 0. The van der Waals surface area contributed by atoms with Gasteiger partial charge in [0, 0.05) is 36.5 Å². The molecule has 2 aliphatic rings. The van der Waals surface area contributed by atoms with Gasteiger partial charge in [0.1, 0.15) is 14.0 Å². The summed E-state index contributed by atoms with van der Waals surface area (Å²) >= 11 is 0. The summed E-state index contributed by atoms with van der Waals surface area (Å²) in [5.74, 6) is -5.61. The van der Waals surface area contributed by atoms with Gasteiger partial charge in [-0.05, 0) is 146 Å². The van der Waals surface area contributed by atoms with Crippen LogP contribution < -0.4 is 0 Å². The van der Waals surface area contributed by atoms with Crippen LogP contribution in [0, 0.1) is 35.5 Å². The Labute approximate surface area is 467 Å². The maximum absolute atomic E-state index is 13.2. The van der Waals surface area contributed by atoms with E-state index in [1.54, 1.807) is 87.5 Å². The van der Waals surface area contributed by atoms with E-state index in [1.165, 1.54) is 12.2 Å². The maximum atomic E-state index is 13.2. The van der Waals surface area contributed by atoms with E-state index < -0.39 is 145 Å². The standard InChI is InChI=1S/C59H107BO18/c1-33-20-24-51(69)39(7)50(68)18-12-15-42(61)28-44(63)22-21-37(5)77-56(73)32-59(76)41(9)35(3)27-55(78-59)40(8)57(74)34(2)14-10-11-17-48(66)38(6)49(67)19-13-16-43(62)30-54(72)36(4)26-47(60)58(75)52(70)25-23-45(64)29-46(65)31-53(33)71/h10-11,14,21-22,26,33,35,37-55,57-58,61-72,74-76H,12-13,15-20,23-25,27-32,60H2,1-9H3/b11-10+,22-21+,34-14+,36-26+/t33-,35-,37?,38-,39+,40+,41+,42-,43+,44+,45+,46-,47-,48+,49-,50-,51+,52?,53+,54-,55-,57+,58+,59?/m0/s1. The molecule has 2 rings (SSSR count). The molecule has 2 bridgehead atoms. The van der Waals surface area contributed by atoms with Crippen molar-refractivity contribution in [1.82, 2.24) is 0 Å². The third-order valence-corrected chi connectivity index (χ3v) is 17.2. The largest absolute Gasteiger partial charge is 0.458 e. The molecular formula is C59H107BO18. The summed E-state index contributed by atoms with van der Waals surface area (Å²) in [5, 5.41) is 163. The lowest BCUT2D eigenvalue weighted by atomic mass is 9.76. The Kier molecular flexibility index (Phi) is 33.0. The molecule has 0 aliphatic carbocycles. The van der Waals surface area contributed by atoms with E-state index in [1.807, 2.05) is 6.92 Å². The van der Waals surface area contributed by atoms with Crippen LogP contribution in [0.5, 0.6) is 0 Å². The van der Waals surface area contributed by atoms with Gasteiger partial charge in [0.05, 0.1) is 98.0 Å². The molecule has 454 valence electrons. The van der Waals surface area contributed by atoms with Crippen LogP contribution in [-0.4, -0.2) is 194 Å². The SMILES string of the molecule is B[C@H]1/C=C(\C)[C@@H](O)C[C@H](O)CCC[C@H](O)[C@@H](C)[C@H](O)C/C=C/C=C(\C)[C@@H](O)[C@H](C)[C@@H]2C[C@H](C)[C@@H](C)C(O)(CC(=O)OC(C)/C=C/[C@@H](O)C[C@@H](O)CCC[C@H](O)[C@@H](C)[C@H](O)CC[C@H](C)[C@H](O)C[C@@H](O)C[C@H](O)CCC(O)[C@@H]1O)O2. The van der Waals surface area contributed by atoms with Crippen molar-refractivity contribution in [3.8, 4) is 0 Å². The molecular weight excluding hydrogens is 1010 g/mol. The Bertz CT molecular complexity index is 1800. The summed E-state index contributed by atoms with van der Waals surface area (Å²) in [5.41, 5.74) is 1.09. The molecule has 2 heterocycles. The van der Waals surface area contributed by atoms with Crippen molar-refractivity contribution in [3.63, 3.8) is 0 Å². The van der Waals surface area contributed by atoms with Gasteiger partial charge >= 0.3 is 5.97 Å². The molecule has 24 atom stereocenters. The van der Waals surface area contributed by atoms with Crippen LogP contribution in [0.4, 0.5) is 0 Å². The molecule has 0 aromatic rings. The van der Waals surface area contributed by atoms with E-state index in [2.05, 4.69) is 0 Å². The van der Waals surface area contributed by atoms with Gasteiger partial charge in [-0.15, -0.1) is 0 Å². The summed E-state index contributed by atoms with van der Waals surface area (Å²) in [6.07, 6.45) is -2.89. The first-order valence-electron chi connectivity index (χ1n) is 29.2. The Morgan fingerprint density at radius 3 is 1.72 bits per heavy atom. The van der Waals surface area contributed by atoms with E-state index >= 15 is 0 Å². The number of hydrogen-bond acceptors (Lipinski definition) is 18. The minimum Gasteiger partial charge on any atom is -0.458 e. The van der Waals surface area contributed by atoms with Crippen molar-refractivity contribution in [1.29, 1.82) is 0 Å². The highest BCUT2D eigenvalue weighted by Crippen LogP contribution is 2.42. The molecule has 0 radical (unpaired) electrons. The average molecular weight is 1120 g/mol. The number of esters is 1. The number of aliphatic hydroxyl groups is 15. The van der Waals surface area contributed by atoms with E-state index in [0.29, 0.717) is 43.3 Å². The van der Waals surface area contributed by atoms with Gasteiger partial charge in [0.2, 0.25) is 0 Å². The van der Waals surface area contributed by atoms with Gasteiger partial charge in [-0.25, -0.2) is 0 Å². The monoisotopic (exact) mass is 1110 g/mol. The molecule has 15 N–H and O–H groups in total. The number of fused-ring (bicyclic) bond motifs is 2. The van der Waals surface area contributed by atoms with E-state index in [-0.39, 0.29) is 82.5 Å². The molecule has 19 heteroatoms. The third-order valence-electron chi connectivity index (χ3n) is 17.2. The number of allylic oxidation sites excluding steroid dienone is 2. The smallest absolute Gasteiger partial charge is 0.311 e. The van der Waals surface area contributed by atoms with Crippen molar-refractivity contribution >= 4 is 13.8 Å². The van der Waals surface area contributed by atoms with E-state index in [4.69, 9.17) is 9.47 Å². The first kappa shape index (κ1) is 72.0. The van der Waals surface area contributed by atoms with Crippen LogP contribution in [0.2, 0.25) is 5.82 Å². The highest BCUT2D eigenvalue weighted by atomic mass is 16.6. The predicted octanol–water partition coefficient (Wildman–Crippen LogP) is 2.95. The van der Waals surface area contributed by atoms with Crippen LogP contribution in [0.1, 0.15) is 171 Å². The second-order valence-corrected chi connectivity index (χ2v) is 24.2. The molecule has 0 amide bonds. The fourth-order valence-electron chi connectivity index (χ4n) is 10.7. The molecule has 0 spiro atoms. The molecule has 0 aromatic carbocycles. The lowest BCUT2D eigenvalue weighted by Crippen LogP contribution is -2.54. The number of cyclic esters (lactones) is 1. The predicted molar refractivity (Wildman–Crippen MR) is 301 cm³/mol. The molecule has 0 saturated carbocycles. The van der Waals surface area contributed by atoms with Gasteiger partial charge in [0.25, 0.3) is 0 Å². The first-order valence-corrected chi connectivity index (χ1v) is 29.2. The van der Waals surface area contributed by atoms with Crippen molar-refractivity contribution in [2.45, 2.75) is 281 Å². The van der Waals surface area contributed by atoms with Gasteiger partial charge < -0.3 is 86.1 Å². The summed E-state index contributed by atoms with van der Waals surface area (Å²) in [6.45, 7) is 15.8. The van der Waals surface area contributed by atoms with Gasteiger partial charge in [-0.1, -0.05) is 71.9 Å². The van der Waals surface area contributed by atoms with Crippen LogP contribution in [-0.2, 0) is 14.3 Å². The highest BCUT2D eigenvalue weighted by molar-refractivity contribution is 6.13. The van der Waals surface area contributed by atoms with Crippen molar-refractivity contribution in [2.24, 2.45) is 35.5 Å². The summed E-state index contributed by atoms with van der Waals surface area (Å²) in [7, 11) is 1.67. The molecule has 1 saturated heterocycles. The topological polar surface area (TPSA) is 339 Å². The molecule has 0 aromatic heterocycles. The molecule has 1 fully saturated rings. The molecule has 3 unspecified atom stereocenters. The first-order chi connectivity index (χ1) is 36.4. The zero-order chi connectivity index (χ0) is 59.2. The maximum Gasteiger partial charge on any atom is 0.311 e. The van der Waals surface area contributed by atoms with Crippen molar-refractivity contribution in [2.75, 3.05) is 0 Å². The van der Waals surface area contributed by atoms with Crippen LogP contribution >= 0.6 is 0 Å². The normalized spacial score (nSPS) is 45.8. The number of aliphatic hydroxyl groups excluding tert-OH is 14. The van der Waals surface area contributed by atoms with Gasteiger partial charge in [-0.3, -0.25) is 4.79 Å². The highest BCUT2D eigenvalue weighted by Gasteiger charge is 2.49. The lowest BCUT2D eigenvalue weighted by Gasteiger charge is -2.47. The number of hydrogen-bond donors (Lipinski definition) is 15. The zero-order valence-corrected chi connectivity index (χ0v) is 48.7. The fraction of sp³-hybridized carbons (Fsp3) is 0.847. The Hall–Kier alpha value is -2.15. The summed E-state index contributed by atoms with van der Waals surface area (Å²) in [6, 6.07) is 0. The second kappa shape index (κ2) is 35.8. The quantitative estimate of drug-likeness (QED) is 0.0942. The van der Waals surface area contributed by atoms with Crippen molar-refractivity contribution < 1.29 is 90.9 Å². The van der Waals surface area contributed by atoms with Gasteiger partial charge in [-0.2, -0.15) is 0 Å². The van der Waals surface area contributed by atoms with Crippen LogP contribution in [0.3, 0.4) is 0 Å². The van der Waals surface area contributed by atoms with Crippen LogP contribution in [0.15, 0.2) is 47.6 Å². The minimum atomic E-state index is -1.89. The Balaban J connectivity index is 2.17. The summed E-state index contributed by atoms with van der Waals surface area (Å²) < 4.78 is 11.8. The Morgan fingerprint density at radius 1 is 0.551 bits per heavy atom. The lowest BCUT2D eigenvalue weighted by molar-refractivity contribution is -0.304. The van der Waals surface area contributed by atoms with Crippen molar-refractivity contribution in [3.05, 3.63) is 47.6 Å². The zero-order valence-electron chi connectivity index (χ0n) is 48.7. The average Bonchev–Trinajstić information content (AvgIpc) is 3.37. The molecule has 78 heavy (non-hydrogen) atoms. The number of carbonyl (C=O) groups excluding carboxylic acids is 1. The molecule has 18 nitrogen and oxygen atoms in total. The van der Waals surface area contributed by atoms with Gasteiger partial charge in [0.15, 0.2) is 5.79 Å². The molecule has 2 aliphatic heterocycles. The number of ether oxygens (including phenoxy) is 2. The third kappa shape index (κ3) is 25.6. The van der Waals surface area contributed by atoms with Crippen LogP contribution in [0.25, 0.3) is 0 Å².